The van der Waals surface area contributed by atoms with Gasteiger partial charge in [-0.2, -0.15) is 0 Å². The summed E-state index contributed by atoms with van der Waals surface area (Å²) in [7, 11) is 0. The molecule has 3 rings (SSSR count). The molecular weight excluding hydrogens is 328 g/mol. The highest BCUT2D eigenvalue weighted by molar-refractivity contribution is 9.10. The van der Waals surface area contributed by atoms with Gasteiger partial charge in [-0.3, -0.25) is 0 Å². The number of halogens is 1. The van der Waals surface area contributed by atoms with Gasteiger partial charge in [0.25, 0.3) is 0 Å². The molecule has 2 heterocycles. The topological polar surface area (TPSA) is 51.5 Å². The normalized spacial score (nSPS) is 16.6. The van der Waals surface area contributed by atoms with Crippen molar-refractivity contribution in [3.05, 3.63) is 56.6 Å². The number of carbonyl (C=O) groups excluding carboxylic acids is 1. The van der Waals surface area contributed by atoms with Crippen LogP contribution in [0.4, 0.5) is 0 Å². The van der Waals surface area contributed by atoms with Gasteiger partial charge in [-0.15, -0.1) is 11.3 Å². The molecular formula is C13H7BrN2O2S. The van der Waals surface area contributed by atoms with Crippen LogP contribution in [0, 0.1) is 0 Å². The average molecular weight is 335 g/mol. The van der Waals surface area contributed by atoms with Gasteiger partial charge in [0.05, 0.1) is 16.8 Å². The van der Waals surface area contributed by atoms with Crippen molar-refractivity contribution in [1.82, 2.24) is 4.98 Å². The molecule has 1 aromatic carbocycles. The molecule has 0 saturated carbocycles. The second-order valence-corrected chi connectivity index (χ2v) is 5.30. The van der Waals surface area contributed by atoms with E-state index in [1.54, 1.807) is 11.6 Å². The SMILES string of the molecule is O=C1OC(c2ccccc2Br)=N/C1=C\c1cscn1. The number of hydrogen-bond donors (Lipinski definition) is 0. The zero-order valence-corrected chi connectivity index (χ0v) is 11.9. The van der Waals surface area contributed by atoms with Gasteiger partial charge < -0.3 is 4.74 Å². The van der Waals surface area contributed by atoms with E-state index in [1.165, 1.54) is 11.3 Å². The van der Waals surface area contributed by atoms with Gasteiger partial charge in [0.15, 0.2) is 5.70 Å². The van der Waals surface area contributed by atoms with Crippen LogP contribution in [-0.2, 0) is 9.53 Å². The first-order valence-electron chi connectivity index (χ1n) is 5.40. The second-order valence-electron chi connectivity index (χ2n) is 3.73. The molecule has 0 aliphatic carbocycles. The van der Waals surface area contributed by atoms with Crippen LogP contribution in [0.1, 0.15) is 11.3 Å². The molecule has 0 spiro atoms. The summed E-state index contributed by atoms with van der Waals surface area (Å²) in [6, 6.07) is 7.45. The first-order valence-corrected chi connectivity index (χ1v) is 7.13. The van der Waals surface area contributed by atoms with E-state index in [2.05, 4.69) is 25.9 Å². The molecule has 0 bridgehead atoms. The second kappa shape index (κ2) is 5.07. The molecule has 94 valence electrons. The predicted molar refractivity (Wildman–Crippen MR) is 76.9 cm³/mol. The summed E-state index contributed by atoms with van der Waals surface area (Å²) in [5.74, 6) is -0.155. The van der Waals surface area contributed by atoms with E-state index in [4.69, 9.17) is 4.74 Å². The van der Waals surface area contributed by atoms with E-state index in [0.29, 0.717) is 11.6 Å². The maximum atomic E-state index is 11.8. The Balaban J connectivity index is 1.98. The van der Waals surface area contributed by atoms with Crippen LogP contribution in [0.15, 0.2) is 50.3 Å². The third-order valence-electron chi connectivity index (χ3n) is 2.46. The van der Waals surface area contributed by atoms with Crippen LogP contribution in [0.25, 0.3) is 6.08 Å². The molecule has 1 aromatic heterocycles. The molecule has 0 radical (unpaired) electrons. The molecule has 0 unspecified atom stereocenters. The monoisotopic (exact) mass is 334 g/mol. The highest BCUT2D eigenvalue weighted by atomic mass is 79.9. The van der Waals surface area contributed by atoms with Crippen molar-refractivity contribution in [1.29, 1.82) is 0 Å². The number of esters is 1. The van der Waals surface area contributed by atoms with E-state index in [1.807, 2.05) is 29.6 Å². The van der Waals surface area contributed by atoms with Gasteiger partial charge in [0.2, 0.25) is 5.90 Å². The summed E-state index contributed by atoms with van der Waals surface area (Å²) >= 11 is 4.86. The number of thiazole rings is 1. The number of benzene rings is 1. The Bertz CT molecular complexity index is 692. The molecule has 0 saturated heterocycles. The quantitative estimate of drug-likeness (QED) is 0.625. The first kappa shape index (κ1) is 12.3. The minimum Gasteiger partial charge on any atom is -0.402 e. The predicted octanol–water partition coefficient (Wildman–Crippen LogP) is 3.25. The largest absolute Gasteiger partial charge is 0.402 e. The number of carbonyl (C=O) groups is 1. The first-order chi connectivity index (χ1) is 9.24. The van der Waals surface area contributed by atoms with Gasteiger partial charge in [0, 0.05) is 9.85 Å². The number of aliphatic imine (C=N–C) groups is 1. The minimum atomic E-state index is -0.459. The lowest BCUT2D eigenvalue weighted by atomic mass is 10.2. The fraction of sp³-hybridized carbons (Fsp3) is 0. The molecule has 0 amide bonds. The number of hydrogen-bond acceptors (Lipinski definition) is 5. The van der Waals surface area contributed by atoms with E-state index >= 15 is 0 Å². The van der Waals surface area contributed by atoms with Crippen molar-refractivity contribution in [2.75, 3.05) is 0 Å². The van der Waals surface area contributed by atoms with E-state index in [9.17, 15) is 4.79 Å². The van der Waals surface area contributed by atoms with Crippen molar-refractivity contribution in [2.45, 2.75) is 0 Å². The third-order valence-corrected chi connectivity index (χ3v) is 3.76. The van der Waals surface area contributed by atoms with Crippen LogP contribution in [0.3, 0.4) is 0 Å². The van der Waals surface area contributed by atoms with Crippen LogP contribution < -0.4 is 0 Å². The van der Waals surface area contributed by atoms with Crippen LogP contribution >= 0.6 is 27.3 Å². The summed E-state index contributed by atoms with van der Waals surface area (Å²) in [6.45, 7) is 0. The van der Waals surface area contributed by atoms with Crippen molar-refractivity contribution < 1.29 is 9.53 Å². The molecule has 2 aromatic rings. The molecule has 0 N–H and O–H groups in total. The number of aromatic nitrogens is 1. The zero-order valence-electron chi connectivity index (χ0n) is 9.54. The standard InChI is InChI=1S/C13H7BrN2O2S/c14-10-4-2-1-3-9(10)12-16-11(13(17)18-12)5-8-6-19-7-15-8/h1-7H/b11-5-. The maximum absolute atomic E-state index is 11.8. The van der Waals surface area contributed by atoms with E-state index in [0.717, 1.165) is 10.0 Å². The number of nitrogens with zero attached hydrogens (tertiary/aromatic N) is 2. The van der Waals surface area contributed by atoms with Crippen LogP contribution in [0.5, 0.6) is 0 Å². The Morgan fingerprint density at radius 1 is 1.32 bits per heavy atom. The molecule has 6 heteroatoms. The molecule has 19 heavy (non-hydrogen) atoms. The van der Waals surface area contributed by atoms with Gasteiger partial charge >= 0.3 is 5.97 Å². The molecule has 0 fully saturated rings. The average Bonchev–Trinajstić information content (AvgIpc) is 3.02. The van der Waals surface area contributed by atoms with Gasteiger partial charge in [-0.25, -0.2) is 14.8 Å². The zero-order chi connectivity index (χ0) is 13.2. The fourth-order valence-corrected chi connectivity index (χ4v) is 2.56. The lowest BCUT2D eigenvalue weighted by Gasteiger charge is -2.01. The summed E-state index contributed by atoms with van der Waals surface area (Å²) in [5.41, 5.74) is 3.41. The van der Waals surface area contributed by atoms with Gasteiger partial charge in [0.1, 0.15) is 0 Å². The van der Waals surface area contributed by atoms with Crippen molar-refractivity contribution in [2.24, 2.45) is 4.99 Å². The number of rotatable bonds is 2. The lowest BCUT2D eigenvalue weighted by molar-refractivity contribution is -0.129. The van der Waals surface area contributed by atoms with Gasteiger partial charge in [-0.1, -0.05) is 12.1 Å². The van der Waals surface area contributed by atoms with E-state index in [-0.39, 0.29) is 5.70 Å². The van der Waals surface area contributed by atoms with Crippen molar-refractivity contribution in [3.8, 4) is 0 Å². The maximum Gasteiger partial charge on any atom is 0.363 e. The minimum absolute atomic E-state index is 0.261. The summed E-state index contributed by atoms with van der Waals surface area (Å²) in [6.07, 6.45) is 1.61. The Morgan fingerprint density at radius 3 is 2.89 bits per heavy atom. The summed E-state index contributed by atoms with van der Waals surface area (Å²) in [4.78, 5) is 20.1. The number of cyclic esters (lactones) is 1. The third kappa shape index (κ3) is 2.50. The molecule has 0 atom stereocenters. The lowest BCUT2D eigenvalue weighted by Crippen LogP contribution is -2.05. The Hall–Kier alpha value is -1.79. The highest BCUT2D eigenvalue weighted by Crippen LogP contribution is 2.23. The molecule has 4 nitrogen and oxygen atoms in total. The summed E-state index contributed by atoms with van der Waals surface area (Å²) < 4.78 is 6.01. The smallest absolute Gasteiger partial charge is 0.363 e. The van der Waals surface area contributed by atoms with Gasteiger partial charge in [-0.05, 0) is 34.1 Å². The van der Waals surface area contributed by atoms with Crippen molar-refractivity contribution >= 4 is 45.2 Å². The fourth-order valence-electron chi connectivity index (χ4n) is 1.59. The Kier molecular flexibility index (Phi) is 3.27. The van der Waals surface area contributed by atoms with E-state index < -0.39 is 5.97 Å². The Morgan fingerprint density at radius 2 is 2.16 bits per heavy atom. The molecule has 1 aliphatic heterocycles. The summed E-state index contributed by atoms with van der Waals surface area (Å²) in [5, 5.41) is 1.84. The van der Waals surface area contributed by atoms with Crippen molar-refractivity contribution in [3.63, 3.8) is 0 Å². The number of ether oxygens (including phenoxy) is 1. The van der Waals surface area contributed by atoms with Crippen LogP contribution in [-0.4, -0.2) is 16.9 Å². The highest BCUT2D eigenvalue weighted by Gasteiger charge is 2.25. The van der Waals surface area contributed by atoms with Crippen LogP contribution in [0.2, 0.25) is 0 Å². The molecule has 1 aliphatic rings. The Labute approximate surface area is 121 Å².